The van der Waals surface area contributed by atoms with Crippen LogP contribution in [0.15, 0.2) is 30.3 Å². The van der Waals surface area contributed by atoms with Gasteiger partial charge in [0.15, 0.2) is 0 Å². The highest BCUT2D eigenvalue weighted by Crippen LogP contribution is 2.13. The van der Waals surface area contributed by atoms with E-state index in [-0.39, 0.29) is 6.61 Å². The fourth-order valence-electron chi connectivity index (χ4n) is 2.42. The van der Waals surface area contributed by atoms with E-state index in [1.165, 1.54) is 25.7 Å². The van der Waals surface area contributed by atoms with Gasteiger partial charge in [0.05, 0.1) is 12.3 Å². The molecule has 1 heterocycles. The van der Waals surface area contributed by atoms with Gasteiger partial charge in [0.1, 0.15) is 5.69 Å². The highest BCUT2D eigenvalue weighted by Gasteiger charge is 2.08. The van der Waals surface area contributed by atoms with Gasteiger partial charge < -0.3 is 5.11 Å². The molecule has 0 aliphatic rings. The van der Waals surface area contributed by atoms with E-state index in [9.17, 15) is 5.11 Å². The van der Waals surface area contributed by atoms with E-state index in [2.05, 4.69) is 17.2 Å². The van der Waals surface area contributed by atoms with E-state index in [1.54, 1.807) is 0 Å². The van der Waals surface area contributed by atoms with Crippen LogP contribution in [-0.2, 0) is 13.2 Å². The number of unbranched alkanes of at least 4 members (excludes halogenated alkanes) is 4. The van der Waals surface area contributed by atoms with E-state index in [1.807, 2.05) is 47.2 Å². The third-order valence-corrected chi connectivity index (χ3v) is 3.70. The molecular weight excluding hydrogens is 274 g/mol. The first-order valence-corrected chi connectivity index (χ1v) is 8.11. The number of benzene rings is 1. The first kappa shape index (κ1) is 16.4. The molecule has 1 aromatic heterocycles. The average Bonchev–Trinajstić information content (AvgIpc) is 2.95. The molecule has 118 valence electrons. The van der Waals surface area contributed by atoms with Gasteiger partial charge in [-0.15, -0.1) is 5.10 Å². The van der Waals surface area contributed by atoms with Gasteiger partial charge in [-0.3, -0.25) is 0 Å². The second-order valence-electron chi connectivity index (χ2n) is 5.46. The summed E-state index contributed by atoms with van der Waals surface area (Å²) in [5.74, 6) is 0. The van der Waals surface area contributed by atoms with Crippen LogP contribution in [0.2, 0.25) is 0 Å². The standard InChI is InChI=1S/C18H25N3O/c1-2-3-4-5-9-14-21-18(17(15-22)19-20-21)13-12-16-10-7-6-8-11-16/h6-8,10-13,22H,2-5,9,14-15H2,1H3/b13-12+. The van der Waals surface area contributed by atoms with Gasteiger partial charge in [0.25, 0.3) is 0 Å². The Bertz CT molecular complexity index is 575. The fourth-order valence-corrected chi connectivity index (χ4v) is 2.42. The van der Waals surface area contributed by atoms with Crippen molar-refractivity contribution in [2.24, 2.45) is 0 Å². The van der Waals surface area contributed by atoms with Crippen molar-refractivity contribution in [1.82, 2.24) is 15.0 Å². The molecule has 22 heavy (non-hydrogen) atoms. The van der Waals surface area contributed by atoms with Gasteiger partial charge in [0.2, 0.25) is 0 Å². The van der Waals surface area contributed by atoms with Crippen molar-refractivity contribution >= 4 is 12.2 Å². The summed E-state index contributed by atoms with van der Waals surface area (Å²) in [5.41, 5.74) is 2.67. The molecule has 0 spiro atoms. The molecule has 0 saturated heterocycles. The average molecular weight is 299 g/mol. The third kappa shape index (κ3) is 4.81. The maximum absolute atomic E-state index is 9.42. The largest absolute Gasteiger partial charge is 0.390 e. The summed E-state index contributed by atoms with van der Waals surface area (Å²) < 4.78 is 1.90. The molecule has 2 aromatic rings. The van der Waals surface area contributed by atoms with Crippen molar-refractivity contribution in [1.29, 1.82) is 0 Å². The molecule has 4 heteroatoms. The zero-order chi connectivity index (χ0) is 15.6. The minimum atomic E-state index is -0.0791. The zero-order valence-corrected chi connectivity index (χ0v) is 13.3. The van der Waals surface area contributed by atoms with Crippen molar-refractivity contribution < 1.29 is 5.11 Å². The minimum absolute atomic E-state index is 0.0791. The summed E-state index contributed by atoms with van der Waals surface area (Å²) in [6.45, 7) is 2.99. The topological polar surface area (TPSA) is 50.9 Å². The maximum atomic E-state index is 9.42. The lowest BCUT2D eigenvalue weighted by atomic mass is 10.1. The van der Waals surface area contributed by atoms with Crippen molar-refractivity contribution in [3.8, 4) is 0 Å². The number of aryl methyl sites for hydroxylation is 1. The Morgan fingerprint density at radius 2 is 1.82 bits per heavy atom. The molecule has 0 fully saturated rings. The Balaban J connectivity index is 2.02. The lowest BCUT2D eigenvalue weighted by molar-refractivity contribution is 0.276. The molecule has 2 rings (SSSR count). The summed E-state index contributed by atoms with van der Waals surface area (Å²) in [6.07, 6.45) is 10.2. The maximum Gasteiger partial charge on any atom is 0.115 e. The Morgan fingerprint density at radius 3 is 2.55 bits per heavy atom. The lowest BCUT2D eigenvalue weighted by Gasteiger charge is -2.04. The van der Waals surface area contributed by atoms with E-state index >= 15 is 0 Å². The highest BCUT2D eigenvalue weighted by molar-refractivity contribution is 5.68. The molecule has 0 bridgehead atoms. The smallest absolute Gasteiger partial charge is 0.115 e. The molecule has 1 aromatic carbocycles. The highest BCUT2D eigenvalue weighted by atomic mass is 16.3. The Labute approximate surface area is 132 Å². The zero-order valence-electron chi connectivity index (χ0n) is 13.3. The molecule has 0 amide bonds. The molecule has 0 unspecified atom stereocenters. The molecule has 1 N–H and O–H groups in total. The van der Waals surface area contributed by atoms with Gasteiger partial charge in [0, 0.05) is 6.54 Å². The van der Waals surface area contributed by atoms with Crippen molar-refractivity contribution in [2.45, 2.75) is 52.2 Å². The van der Waals surface area contributed by atoms with Crippen LogP contribution in [0, 0.1) is 0 Å². The van der Waals surface area contributed by atoms with Crippen LogP contribution in [0.3, 0.4) is 0 Å². The van der Waals surface area contributed by atoms with Crippen LogP contribution in [-0.4, -0.2) is 20.1 Å². The first-order chi connectivity index (χ1) is 10.8. The van der Waals surface area contributed by atoms with Crippen LogP contribution in [0.5, 0.6) is 0 Å². The van der Waals surface area contributed by atoms with E-state index in [0.717, 1.165) is 24.2 Å². The van der Waals surface area contributed by atoms with E-state index in [4.69, 9.17) is 0 Å². The predicted octanol–water partition coefficient (Wildman–Crippen LogP) is 3.91. The molecule has 0 saturated carbocycles. The number of hydrogen-bond acceptors (Lipinski definition) is 3. The van der Waals surface area contributed by atoms with Gasteiger partial charge in [-0.25, -0.2) is 4.68 Å². The van der Waals surface area contributed by atoms with Gasteiger partial charge in [-0.1, -0.05) is 74.2 Å². The number of aliphatic hydroxyl groups is 1. The summed E-state index contributed by atoms with van der Waals surface area (Å²) >= 11 is 0. The second-order valence-corrected chi connectivity index (χ2v) is 5.46. The Hall–Kier alpha value is -1.94. The van der Waals surface area contributed by atoms with Crippen molar-refractivity contribution in [3.05, 3.63) is 47.3 Å². The lowest BCUT2D eigenvalue weighted by Crippen LogP contribution is -2.03. The van der Waals surface area contributed by atoms with Crippen LogP contribution in [0.4, 0.5) is 0 Å². The van der Waals surface area contributed by atoms with Crippen LogP contribution in [0.1, 0.15) is 56.0 Å². The van der Waals surface area contributed by atoms with Gasteiger partial charge in [-0.2, -0.15) is 0 Å². The van der Waals surface area contributed by atoms with E-state index in [0.29, 0.717) is 5.69 Å². The van der Waals surface area contributed by atoms with Gasteiger partial charge >= 0.3 is 0 Å². The number of rotatable bonds is 9. The summed E-state index contributed by atoms with van der Waals surface area (Å²) in [5, 5.41) is 17.7. The summed E-state index contributed by atoms with van der Waals surface area (Å²) in [6, 6.07) is 10.1. The third-order valence-electron chi connectivity index (χ3n) is 3.70. The molecule has 0 radical (unpaired) electrons. The van der Waals surface area contributed by atoms with E-state index < -0.39 is 0 Å². The predicted molar refractivity (Wildman–Crippen MR) is 90.1 cm³/mol. The first-order valence-electron chi connectivity index (χ1n) is 8.11. The molecule has 0 atom stereocenters. The Morgan fingerprint density at radius 1 is 1.05 bits per heavy atom. The molecule has 0 aliphatic heterocycles. The van der Waals surface area contributed by atoms with Crippen LogP contribution >= 0.6 is 0 Å². The molecule has 4 nitrogen and oxygen atoms in total. The minimum Gasteiger partial charge on any atom is -0.390 e. The second kappa shape index (κ2) is 9.15. The van der Waals surface area contributed by atoms with Crippen molar-refractivity contribution in [2.75, 3.05) is 0 Å². The monoisotopic (exact) mass is 299 g/mol. The van der Waals surface area contributed by atoms with Crippen LogP contribution < -0.4 is 0 Å². The summed E-state index contributed by atoms with van der Waals surface area (Å²) in [4.78, 5) is 0. The number of hydrogen-bond donors (Lipinski definition) is 1. The number of aromatic nitrogens is 3. The number of nitrogens with zero attached hydrogens (tertiary/aromatic N) is 3. The normalized spacial score (nSPS) is 11.4. The molecule has 0 aliphatic carbocycles. The van der Waals surface area contributed by atoms with Crippen LogP contribution in [0.25, 0.3) is 12.2 Å². The van der Waals surface area contributed by atoms with Gasteiger partial charge in [-0.05, 0) is 18.1 Å². The molecular formula is C18H25N3O. The van der Waals surface area contributed by atoms with Crippen molar-refractivity contribution in [3.63, 3.8) is 0 Å². The quantitative estimate of drug-likeness (QED) is 0.714. The Kier molecular flexibility index (Phi) is 6.84. The SMILES string of the molecule is CCCCCCCn1nnc(CO)c1/C=C/c1ccccc1. The number of aliphatic hydroxyl groups excluding tert-OH is 1. The fraction of sp³-hybridized carbons (Fsp3) is 0.444. The summed E-state index contributed by atoms with van der Waals surface area (Å²) in [7, 11) is 0.